The molecule has 0 radical (unpaired) electrons. The number of fused-ring (bicyclic) bond motifs is 1. The second-order valence-electron chi connectivity index (χ2n) is 4.66. The highest BCUT2D eigenvalue weighted by Crippen LogP contribution is 2.27. The predicted octanol–water partition coefficient (Wildman–Crippen LogP) is 1.22. The van der Waals surface area contributed by atoms with Crippen molar-refractivity contribution >= 4 is 0 Å². The van der Waals surface area contributed by atoms with Gasteiger partial charge in [-0.15, -0.1) is 0 Å². The summed E-state index contributed by atoms with van der Waals surface area (Å²) in [6, 6.07) is 0.201. The molecule has 0 saturated heterocycles. The topological polar surface area (TPSA) is 60.4 Å². The van der Waals surface area contributed by atoms with Crippen LogP contribution in [0.25, 0.3) is 0 Å². The molecule has 1 aromatic heterocycles. The van der Waals surface area contributed by atoms with E-state index < -0.39 is 0 Å². The van der Waals surface area contributed by atoms with Gasteiger partial charge in [-0.3, -0.25) is 0 Å². The number of rotatable bonds is 5. The van der Waals surface area contributed by atoms with E-state index in [9.17, 15) is 0 Å². The maximum Gasteiger partial charge on any atom is 0.0698 e. The second kappa shape index (κ2) is 6.19. The Bertz CT molecular complexity index is 349. The Balaban J connectivity index is 1.94. The van der Waals surface area contributed by atoms with Crippen molar-refractivity contribution < 1.29 is 9.84 Å². The Morgan fingerprint density at radius 3 is 3.06 bits per heavy atom. The minimum Gasteiger partial charge on any atom is -0.394 e. The molecule has 0 saturated carbocycles. The second-order valence-corrected chi connectivity index (χ2v) is 4.66. The van der Waals surface area contributed by atoms with Crippen LogP contribution in [-0.2, 0) is 17.7 Å². The van der Waals surface area contributed by atoms with Crippen LogP contribution in [0.15, 0.2) is 12.4 Å². The molecule has 0 aliphatic heterocycles. The monoisotopic (exact) mass is 238 g/mol. The fourth-order valence-electron chi connectivity index (χ4n) is 2.42. The van der Waals surface area contributed by atoms with Gasteiger partial charge in [0.15, 0.2) is 0 Å². The molecule has 1 heterocycles. The summed E-state index contributed by atoms with van der Waals surface area (Å²) in [5.41, 5.74) is 8.87. The molecule has 0 fully saturated rings. The number of hydrogen-bond acceptors (Lipinski definition) is 3. The highest BCUT2D eigenvalue weighted by Gasteiger charge is 2.16. The molecule has 2 rings (SSSR count). The van der Waals surface area contributed by atoms with Gasteiger partial charge in [0.1, 0.15) is 0 Å². The summed E-state index contributed by atoms with van der Waals surface area (Å²) in [4.78, 5) is 0. The van der Waals surface area contributed by atoms with Crippen LogP contribution in [0.5, 0.6) is 0 Å². The fraction of sp³-hybridized carbons (Fsp3) is 0.692. The lowest BCUT2D eigenvalue weighted by atomic mass is 10.1. The van der Waals surface area contributed by atoms with Crippen molar-refractivity contribution in [2.45, 2.75) is 38.3 Å². The minimum absolute atomic E-state index is 0.0903. The summed E-state index contributed by atoms with van der Waals surface area (Å²) in [7, 11) is 0. The molecule has 1 aliphatic rings. The van der Waals surface area contributed by atoms with Gasteiger partial charge >= 0.3 is 0 Å². The Labute approximate surface area is 102 Å². The van der Waals surface area contributed by atoms with Crippen molar-refractivity contribution in [2.75, 3.05) is 19.8 Å². The Hall–Kier alpha value is -0.840. The Kier molecular flexibility index (Phi) is 4.59. The summed E-state index contributed by atoms with van der Waals surface area (Å²) >= 11 is 0. The molecule has 0 spiro atoms. The number of aromatic nitrogens is 1. The molecular formula is C13H22N2O2. The highest BCUT2D eigenvalue weighted by molar-refractivity contribution is 5.28. The third kappa shape index (κ3) is 3.31. The first-order valence-electron chi connectivity index (χ1n) is 6.44. The number of nitrogens with two attached hydrogens (primary N) is 1. The molecule has 1 atom stereocenters. The van der Waals surface area contributed by atoms with Crippen molar-refractivity contribution in [3.8, 4) is 0 Å². The van der Waals surface area contributed by atoms with Gasteiger partial charge in [0.25, 0.3) is 0 Å². The van der Waals surface area contributed by atoms with Gasteiger partial charge in [-0.25, -0.2) is 0 Å². The summed E-state index contributed by atoms with van der Waals surface area (Å²) < 4.78 is 7.43. The first-order chi connectivity index (χ1) is 8.31. The molecule has 1 unspecified atom stereocenters. The van der Waals surface area contributed by atoms with Crippen LogP contribution in [0.4, 0.5) is 0 Å². The third-order valence-corrected chi connectivity index (χ3v) is 3.34. The zero-order valence-electron chi connectivity index (χ0n) is 10.3. The lowest BCUT2D eigenvalue weighted by Gasteiger charge is -2.07. The quantitative estimate of drug-likeness (QED) is 0.599. The maximum absolute atomic E-state index is 8.61. The van der Waals surface area contributed by atoms with Crippen molar-refractivity contribution in [3.05, 3.63) is 23.5 Å². The molecule has 1 aromatic rings. The van der Waals surface area contributed by atoms with E-state index in [1.807, 2.05) is 0 Å². The average Bonchev–Trinajstić information content (AvgIpc) is 2.66. The zero-order chi connectivity index (χ0) is 12.1. The third-order valence-electron chi connectivity index (χ3n) is 3.34. The normalized spacial score (nSPS) is 20.0. The SMILES string of the molecule is NC1CCCCc2cn(CCOCCO)cc21. The van der Waals surface area contributed by atoms with Crippen LogP contribution in [0, 0.1) is 0 Å². The van der Waals surface area contributed by atoms with Crippen molar-refractivity contribution in [3.63, 3.8) is 0 Å². The number of hydrogen-bond donors (Lipinski definition) is 2. The van der Waals surface area contributed by atoms with Crippen LogP contribution in [0.2, 0.25) is 0 Å². The largest absolute Gasteiger partial charge is 0.394 e. The summed E-state index contributed by atoms with van der Waals surface area (Å²) in [5.74, 6) is 0. The van der Waals surface area contributed by atoms with Crippen LogP contribution < -0.4 is 5.73 Å². The van der Waals surface area contributed by atoms with Crippen LogP contribution >= 0.6 is 0 Å². The van der Waals surface area contributed by atoms with Crippen LogP contribution in [0.1, 0.15) is 36.4 Å². The first kappa shape index (κ1) is 12.6. The van der Waals surface area contributed by atoms with E-state index in [1.165, 1.54) is 24.0 Å². The lowest BCUT2D eigenvalue weighted by molar-refractivity contribution is 0.0870. The molecule has 0 amide bonds. The molecule has 96 valence electrons. The van der Waals surface area contributed by atoms with E-state index >= 15 is 0 Å². The van der Waals surface area contributed by atoms with Crippen LogP contribution in [0.3, 0.4) is 0 Å². The number of aryl methyl sites for hydroxylation is 1. The van der Waals surface area contributed by atoms with Gasteiger partial charge in [0, 0.05) is 25.0 Å². The van der Waals surface area contributed by atoms with E-state index in [1.54, 1.807) is 0 Å². The molecule has 17 heavy (non-hydrogen) atoms. The van der Waals surface area contributed by atoms with E-state index in [2.05, 4.69) is 17.0 Å². The van der Waals surface area contributed by atoms with Gasteiger partial charge in [-0.1, -0.05) is 6.42 Å². The Morgan fingerprint density at radius 2 is 2.24 bits per heavy atom. The molecule has 4 heteroatoms. The summed E-state index contributed by atoms with van der Waals surface area (Å²) in [6.45, 7) is 1.98. The molecule has 3 N–H and O–H groups in total. The number of nitrogens with zero attached hydrogens (tertiary/aromatic N) is 1. The number of aliphatic hydroxyl groups excluding tert-OH is 1. The van der Waals surface area contributed by atoms with Crippen LogP contribution in [-0.4, -0.2) is 29.5 Å². The molecule has 0 aromatic carbocycles. The van der Waals surface area contributed by atoms with Crippen molar-refractivity contribution in [1.82, 2.24) is 4.57 Å². The van der Waals surface area contributed by atoms with Crippen molar-refractivity contribution in [1.29, 1.82) is 0 Å². The summed E-state index contributed by atoms with van der Waals surface area (Å²) in [6.07, 6.45) is 9.07. The van der Waals surface area contributed by atoms with E-state index in [0.29, 0.717) is 13.2 Å². The zero-order valence-corrected chi connectivity index (χ0v) is 10.3. The van der Waals surface area contributed by atoms with E-state index in [-0.39, 0.29) is 12.6 Å². The van der Waals surface area contributed by atoms with Gasteiger partial charge < -0.3 is 20.1 Å². The Morgan fingerprint density at radius 1 is 1.35 bits per heavy atom. The molecular weight excluding hydrogens is 216 g/mol. The maximum atomic E-state index is 8.61. The fourth-order valence-corrected chi connectivity index (χ4v) is 2.42. The highest BCUT2D eigenvalue weighted by atomic mass is 16.5. The lowest BCUT2D eigenvalue weighted by Crippen LogP contribution is -2.10. The molecule has 0 bridgehead atoms. The predicted molar refractivity (Wildman–Crippen MR) is 66.8 cm³/mol. The van der Waals surface area contributed by atoms with Gasteiger partial charge in [-0.05, 0) is 30.4 Å². The smallest absolute Gasteiger partial charge is 0.0698 e. The van der Waals surface area contributed by atoms with Gasteiger partial charge in [0.2, 0.25) is 0 Å². The molecule has 4 nitrogen and oxygen atoms in total. The van der Waals surface area contributed by atoms with Gasteiger partial charge in [0.05, 0.1) is 19.8 Å². The first-order valence-corrected chi connectivity index (χ1v) is 6.44. The van der Waals surface area contributed by atoms with Crippen molar-refractivity contribution in [2.24, 2.45) is 5.73 Å². The van der Waals surface area contributed by atoms with E-state index in [0.717, 1.165) is 19.4 Å². The minimum atomic E-state index is 0.0903. The number of aliphatic hydroxyl groups is 1. The average molecular weight is 238 g/mol. The summed E-state index contributed by atoms with van der Waals surface area (Å²) in [5, 5.41) is 8.61. The van der Waals surface area contributed by atoms with E-state index in [4.69, 9.17) is 15.6 Å². The standard InChI is InChI=1S/C13H22N2O2/c14-13-4-2-1-3-11-9-15(10-12(11)13)5-7-17-8-6-16/h9-10,13,16H,1-8,14H2. The number of ether oxygens (including phenoxy) is 1. The van der Waals surface area contributed by atoms with Gasteiger partial charge in [-0.2, -0.15) is 0 Å². The molecule has 1 aliphatic carbocycles.